The van der Waals surface area contributed by atoms with E-state index in [1.54, 1.807) is 21.3 Å². The number of unbranched alkanes of at least 4 members (excludes halogenated alkanes) is 2. The summed E-state index contributed by atoms with van der Waals surface area (Å²) >= 11 is 0. The Morgan fingerprint density at radius 3 is 2.00 bits per heavy atom. The number of hydrogen-bond donors (Lipinski definition) is 0. The zero-order valence-corrected chi connectivity index (χ0v) is 12.3. The van der Waals surface area contributed by atoms with Crippen LogP contribution in [-0.2, 0) is 11.3 Å². The molecule has 108 valence electrons. The van der Waals surface area contributed by atoms with Gasteiger partial charge in [0.2, 0.25) is 5.75 Å². The molecule has 0 unspecified atom stereocenters. The number of benzene rings is 1. The summed E-state index contributed by atoms with van der Waals surface area (Å²) in [4.78, 5) is 0. The molecule has 0 saturated heterocycles. The molecular weight excluding hydrogens is 244 g/mol. The van der Waals surface area contributed by atoms with E-state index >= 15 is 0 Å². The van der Waals surface area contributed by atoms with E-state index in [0.717, 1.165) is 18.6 Å². The Morgan fingerprint density at radius 1 is 0.895 bits per heavy atom. The Hall–Kier alpha value is -1.42. The highest BCUT2D eigenvalue weighted by molar-refractivity contribution is 5.53. The van der Waals surface area contributed by atoms with E-state index < -0.39 is 0 Å². The summed E-state index contributed by atoms with van der Waals surface area (Å²) in [5.74, 6) is 1.93. The van der Waals surface area contributed by atoms with Crippen molar-refractivity contribution in [2.75, 3.05) is 27.9 Å². The van der Waals surface area contributed by atoms with Crippen LogP contribution in [0.25, 0.3) is 0 Å². The topological polar surface area (TPSA) is 36.9 Å². The van der Waals surface area contributed by atoms with Crippen molar-refractivity contribution in [3.05, 3.63) is 17.7 Å². The predicted molar refractivity (Wildman–Crippen MR) is 75.3 cm³/mol. The summed E-state index contributed by atoms with van der Waals surface area (Å²) < 4.78 is 21.5. The van der Waals surface area contributed by atoms with E-state index in [9.17, 15) is 0 Å². The smallest absolute Gasteiger partial charge is 0.203 e. The third-order valence-corrected chi connectivity index (χ3v) is 2.89. The summed E-state index contributed by atoms with van der Waals surface area (Å²) in [5.41, 5.74) is 1.02. The minimum Gasteiger partial charge on any atom is -0.493 e. The molecule has 0 saturated carbocycles. The molecule has 0 radical (unpaired) electrons. The van der Waals surface area contributed by atoms with Gasteiger partial charge in [-0.05, 0) is 24.1 Å². The molecule has 0 aliphatic heterocycles. The minimum absolute atomic E-state index is 0.556. The molecule has 19 heavy (non-hydrogen) atoms. The number of ether oxygens (including phenoxy) is 4. The molecular formula is C15H24O4. The van der Waals surface area contributed by atoms with Crippen molar-refractivity contribution < 1.29 is 18.9 Å². The van der Waals surface area contributed by atoms with Gasteiger partial charge >= 0.3 is 0 Å². The van der Waals surface area contributed by atoms with Crippen molar-refractivity contribution in [1.29, 1.82) is 0 Å². The fourth-order valence-electron chi connectivity index (χ4n) is 1.86. The van der Waals surface area contributed by atoms with Crippen molar-refractivity contribution >= 4 is 0 Å². The van der Waals surface area contributed by atoms with E-state index in [-0.39, 0.29) is 0 Å². The minimum atomic E-state index is 0.556. The standard InChI is InChI=1S/C15H24O4/c1-5-6-7-8-19-11-12-9-13(16-2)15(18-4)14(10-12)17-3/h9-10H,5-8,11H2,1-4H3. The third-order valence-electron chi connectivity index (χ3n) is 2.89. The Kier molecular flexibility index (Phi) is 7.11. The monoisotopic (exact) mass is 268 g/mol. The lowest BCUT2D eigenvalue weighted by Gasteiger charge is -2.14. The van der Waals surface area contributed by atoms with E-state index in [2.05, 4.69) is 6.92 Å². The molecule has 0 aliphatic carbocycles. The maximum atomic E-state index is 5.64. The Balaban J connectivity index is 2.68. The molecule has 0 N–H and O–H groups in total. The summed E-state index contributed by atoms with van der Waals surface area (Å²) in [5, 5.41) is 0. The molecule has 4 nitrogen and oxygen atoms in total. The van der Waals surface area contributed by atoms with Crippen LogP contribution in [-0.4, -0.2) is 27.9 Å². The van der Waals surface area contributed by atoms with Crippen molar-refractivity contribution in [3.63, 3.8) is 0 Å². The van der Waals surface area contributed by atoms with Crippen molar-refractivity contribution in [2.24, 2.45) is 0 Å². The Labute approximate surface area is 115 Å². The van der Waals surface area contributed by atoms with Crippen LogP contribution in [0.3, 0.4) is 0 Å². The van der Waals surface area contributed by atoms with Crippen LogP contribution in [0.4, 0.5) is 0 Å². The van der Waals surface area contributed by atoms with Gasteiger partial charge in [-0.15, -0.1) is 0 Å². The van der Waals surface area contributed by atoms with Crippen LogP contribution >= 0.6 is 0 Å². The summed E-state index contributed by atoms with van der Waals surface area (Å²) in [6, 6.07) is 3.84. The van der Waals surface area contributed by atoms with Crippen LogP contribution in [0.2, 0.25) is 0 Å². The van der Waals surface area contributed by atoms with Crippen molar-refractivity contribution in [2.45, 2.75) is 32.8 Å². The van der Waals surface area contributed by atoms with Gasteiger partial charge in [-0.25, -0.2) is 0 Å². The van der Waals surface area contributed by atoms with Crippen LogP contribution in [0.5, 0.6) is 17.2 Å². The Morgan fingerprint density at radius 2 is 1.53 bits per heavy atom. The lowest BCUT2D eigenvalue weighted by Crippen LogP contribution is -1.99. The van der Waals surface area contributed by atoms with Crippen molar-refractivity contribution in [3.8, 4) is 17.2 Å². The van der Waals surface area contributed by atoms with Crippen LogP contribution in [0.15, 0.2) is 12.1 Å². The molecule has 0 bridgehead atoms. The number of hydrogen-bond acceptors (Lipinski definition) is 4. The lowest BCUT2D eigenvalue weighted by atomic mass is 10.2. The van der Waals surface area contributed by atoms with Crippen molar-refractivity contribution in [1.82, 2.24) is 0 Å². The van der Waals surface area contributed by atoms with E-state index in [1.165, 1.54) is 12.8 Å². The van der Waals surface area contributed by atoms with Gasteiger partial charge in [0.1, 0.15) is 0 Å². The molecule has 1 aromatic carbocycles. The SMILES string of the molecule is CCCCCOCc1cc(OC)c(OC)c(OC)c1. The average Bonchev–Trinajstić information content (AvgIpc) is 2.45. The van der Waals surface area contributed by atoms with Gasteiger partial charge in [0.25, 0.3) is 0 Å². The van der Waals surface area contributed by atoms with E-state index in [4.69, 9.17) is 18.9 Å². The molecule has 0 heterocycles. The molecule has 4 heteroatoms. The third kappa shape index (κ3) is 4.63. The van der Waals surface area contributed by atoms with Gasteiger partial charge in [-0.2, -0.15) is 0 Å². The number of methoxy groups -OCH3 is 3. The maximum absolute atomic E-state index is 5.64. The normalized spacial score (nSPS) is 10.3. The molecule has 0 spiro atoms. The van der Waals surface area contributed by atoms with Gasteiger partial charge in [-0.3, -0.25) is 0 Å². The molecule has 0 amide bonds. The molecule has 1 aromatic rings. The van der Waals surface area contributed by atoms with E-state index in [1.807, 2.05) is 12.1 Å². The molecule has 0 aliphatic rings. The second-order valence-corrected chi connectivity index (χ2v) is 4.29. The highest BCUT2D eigenvalue weighted by Crippen LogP contribution is 2.38. The summed E-state index contributed by atoms with van der Waals surface area (Å²) in [6.45, 7) is 3.52. The molecule has 0 fully saturated rings. The van der Waals surface area contributed by atoms with Crippen LogP contribution < -0.4 is 14.2 Å². The zero-order chi connectivity index (χ0) is 14.1. The second kappa shape index (κ2) is 8.64. The fraction of sp³-hybridized carbons (Fsp3) is 0.600. The van der Waals surface area contributed by atoms with Gasteiger partial charge < -0.3 is 18.9 Å². The highest BCUT2D eigenvalue weighted by Gasteiger charge is 2.12. The first-order valence-corrected chi connectivity index (χ1v) is 6.63. The molecule has 1 rings (SSSR count). The average molecular weight is 268 g/mol. The molecule has 0 atom stereocenters. The zero-order valence-electron chi connectivity index (χ0n) is 12.3. The van der Waals surface area contributed by atoms with Crippen LogP contribution in [0.1, 0.15) is 31.7 Å². The van der Waals surface area contributed by atoms with E-state index in [0.29, 0.717) is 23.9 Å². The predicted octanol–water partition coefficient (Wildman–Crippen LogP) is 3.42. The first kappa shape index (κ1) is 15.6. The lowest BCUT2D eigenvalue weighted by molar-refractivity contribution is 0.116. The first-order valence-electron chi connectivity index (χ1n) is 6.63. The summed E-state index contributed by atoms with van der Waals surface area (Å²) in [6.07, 6.45) is 3.50. The van der Waals surface area contributed by atoms with Gasteiger partial charge in [0.05, 0.1) is 27.9 Å². The summed E-state index contributed by atoms with van der Waals surface area (Å²) in [7, 11) is 4.83. The van der Waals surface area contributed by atoms with Gasteiger partial charge in [-0.1, -0.05) is 19.8 Å². The highest BCUT2D eigenvalue weighted by atomic mass is 16.5. The maximum Gasteiger partial charge on any atom is 0.203 e. The largest absolute Gasteiger partial charge is 0.493 e. The Bertz CT molecular complexity index is 351. The number of rotatable bonds is 9. The fourth-order valence-corrected chi connectivity index (χ4v) is 1.86. The second-order valence-electron chi connectivity index (χ2n) is 4.29. The molecule has 0 aromatic heterocycles. The first-order chi connectivity index (χ1) is 9.26. The van der Waals surface area contributed by atoms with Gasteiger partial charge in [0.15, 0.2) is 11.5 Å². The quantitative estimate of drug-likeness (QED) is 0.643. The van der Waals surface area contributed by atoms with Crippen LogP contribution in [0, 0.1) is 0 Å². The van der Waals surface area contributed by atoms with Gasteiger partial charge in [0, 0.05) is 6.61 Å².